The van der Waals surface area contributed by atoms with Crippen LogP contribution in [0.25, 0.3) is 21.3 Å². The van der Waals surface area contributed by atoms with Crippen LogP contribution in [-0.2, 0) is 11.3 Å². The topological polar surface area (TPSA) is 81.1 Å². The molecular formula is C25H21N3O3S2. The van der Waals surface area contributed by atoms with Crippen LogP contribution in [0.3, 0.4) is 0 Å². The molecule has 0 radical (unpaired) electrons. The Kier molecular flexibility index (Phi) is 6.86. The Morgan fingerprint density at radius 2 is 1.88 bits per heavy atom. The number of ketones is 1. The minimum absolute atomic E-state index is 0.0399. The molecular weight excluding hydrogens is 454 g/mol. The molecule has 0 aliphatic rings. The Morgan fingerprint density at radius 1 is 1.15 bits per heavy atom. The summed E-state index contributed by atoms with van der Waals surface area (Å²) in [5.41, 5.74) is 2.56. The van der Waals surface area contributed by atoms with Crippen molar-refractivity contribution in [3.05, 3.63) is 88.5 Å². The quantitative estimate of drug-likeness (QED) is 0.163. The van der Waals surface area contributed by atoms with Gasteiger partial charge in [-0.1, -0.05) is 60.3 Å². The third-order valence-electron chi connectivity index (χ3n) is 4.97. The highest BCUT2D eigenvalue weighted by atomic mass is 32.2. The Morgan fingerprint density at radius 3 is 2.61 bits per heavy atom. The lowest BCUT2D eigenvalue weighted by atomic mass is 10.1. The molecule has 8 heteroatoms. The first-order valence-electron chi connectivity index (χ1n) is 10.2. The minimum atomic E-state index is -0.288. The van der Waals surface area contributed by atoms with Gasteiger partial charge in [-0.3, -0.25) is 19.0 Å². The number of carbonyl (C=O) groups is 2. The second-order valence-corrected chi connectivity index (χ2v) is 9.03. The van der Waals surface area contributed by atoms with E-state index in [1.165, 1.54) is 34.6 Å². The molecule has 0 bridgehead atoms. The monoisotopic (exact) mass is 475 g/mol. The number of para-hydroxylation sites is 1. The number of thioether (sulfide) groups is 1. The molecule has 6 nitrogen and oxygen atoms in total. The summed E-state index contributed by atoms with van der Waals surface area (Å²) in [6.07, 6.45) is 1.64. The first kappa shape index (κ1) is 22.7. The van der Waals surface area contributed by atoms with Crippen LogP contribution in [0.1, 0.15) is 17.3 Å². The van der Waals surface area contributed by atoms with Gasteiger partial charge in [-0.25, -0.2) is 4.98 Å². The molecule has 2 aromatic carbocycles. The number of thiophene rings is 1. The molecule has 2 heterocycles. The third-order valence-corrected chi connectivity index (χ3v) is 6.82. The summed E-state index contributed by atoms with van der Waals surface area (Å²) in [5, 5.41) is 5.73. The first-order valence-corrected chi connectivity index (χ1v) is 12.1. The zero-order valence-corrected chi connectivity index (χ0v) is 19.5. The molecule has 2 aromatic heterocycles. The molecule has 0 fully saturated rings. The largest absolute Gasteiger partial charge is 0.325 e. The standard InChI is InChI=1S/C25H21N3O3S2/c1-3-13-28-24(31)22-19(17-9-5-4-6-10-17)14-32-23(22)27-25(28)33-15-21(30)26-20-12-8-7-11-18(20)16(2)29/h3-12,14H,1,13,15H2,2H3,(H,26,30). The number of hydrogen-bond donors (Lipinski definition) is 1. The lowest BCUT2D eigenvalue weighted by Gasteiger charge is -2.12. The SMILES string of the molecule is C=CCn1c(SCC(=O)Nc2ccccc2C(C)=O)nc2scc(-c3ccccc3)c2c1=O. The van der Waals surface area contributed by atoms with E-state index in [0.29, 0.717) is 26.6 Å². The maximum absolute atomic E-state index is 13.4. The van der Waals surface area contributed by atoms with Crippen LogP contribution >= 0.6 is 23.1 Å². The van der Waals surface area contributed by atoms with Gasteiger partial charge in [0, 0.05) is 23.1 Å². The van der Waals surface area contributed by atoms with E-state index in [-0.39, 0.29) is 29.5 Å². The van der Waals surface area contributed by atoms with Gasteiger partial charge in [0.1, 0.15) is 4.83 Å². The van der Waals surface area contributed by atoms with E-state index in [1.807, 2.05) is 35.7 Å². The van der Waals surface area contributed by atoms with Crippen molar-refractivity contribution in [2.75, 3.05) is 11.1 Å². The summed E-state index contributed by atoms with van der Waals surface area (Å²) in [5.74, 6) is -0.375. The van der Waals surface area contributed by atoms with Crippen molar-refractivity contribution < 1.29 is 9.59 Å². The van der Waals surface area contributed by atoms with Gasteiger partial charge in [-0.2, -0.15) is 0 Å². The third kappa shape index (κ3) is 4.81. The number of nitrogens with one attached hydrogen (secondary N) is 1. The van der Waals surface area contributed by atoms with Crippen molar-refractivity contribution in [2.24, 2.45) is 0 Å². The van der Waals surface area contributed by atoms with Crippen molar-refractivity contribution in [3.8, 4) is 11.1 Å². The normalized spacial score (nSPS) is 10.8. The molecule has 33 heavy (non-hydrogen) atoms. The number of amides is 1. The van der Waals surface area contributed by atoms with Gasteiger partial charge in [0.2, 0.25) is 5.91 Å². The van der Waals surface area contributed by atoms with Gasteiger partial charge in [0.05, 0.1) is 16.8 Å². The molecule has 0 saturated heterocycles. The van der Waals surface area contributed by atoms with Gasteiger partial charge >= 0.3 is 0 Å². The number of allylic oxidation sites excluding steroid dienone is 1. The highest BCUT2D eigenvalue weighted by Gasteiger charge is 2.18. The van der Waals surface area contributed by atoms with Crippen molar-refractivity contribution in [1.29, 1.82) is 0 Å². The highest BCUT2D eigenvalue weighted by molar-refractivity contribution is 7.99. The average Bonchev–Trinajstić information content (AvgIpc) is 3.25. The second kappa shape index (κ2) is 9.97. The van der Waals surface area contributed by atoms with E-state index in [4.69, 9.17) is 0 Å². The molecule has 1 N–H and O–H groups in total. The number of carbonyl (C=O) groups excluding carboxylic acids is 2. The molecule has 0 unspecified atom stereocenters. The molecule has 0 saturated carbocycles. The van der Waals surface area contributed by atoms with Crippen LogP contribution in [0.15, 0.2) is 82.6 Å². The van der Waals surface area contributed by atoms with Crippen LogP contribution < -0.4 is 10.9 Å². The van der Waals surface area contributed by atoms with Gasteiger partial charge in [-0.15, -0.1) is 17.9 Å². The number of hydrogen-bond acceptors (Lipinski definition) is 6. The Hall–Kier alpha value is -3.49. The zero-order valence-electron chi connectivity index (χ0n) is 17.9. The summed E-state index contributed by atoms with van der Waals surface area (Å²) in [4.78, 5) is 43.1. The summed E-state index contributed by atoms with van der Waals surface area (Å²) in [6, 6.07) is 16.6. The lowest BCUT2D eigenvalue weighted by molar-refractivity contribution is -0.113. The van der Waals surface area contributed by atoms with Crippen LogP contribution in [-0.4, -0.2) is 27.0 Å². The smallest absolute Gasteiger partial charge is 0.263 e. The number of fused-ring (bicyclic) bond motifs is 1. The molecule has 166 valence electrons. The van der Waals surface area contributed by atoms with Crippen molar-refractivity contribution in [2.45, 2.75) is 18.6 Å². The fraction of sp³-hybridized carbons (Fsp3) is 0.120. The molecule has 0 spiro atoms. The molecule has 4 aromatic rings. The van der Waals surface area contributed by atoms with E-state index in [9.17, 15) is 14.4 Å². The van der Waals surface area contributed by atoms with E-state index < -0.39 is 0 Å². The molecule has 4 rings (SSSR count). The van der Waals surface area contributed by atoms with Gasteiger partial charge in [0.25, 0.3) is 5.56 Å². The van der Waals surface area contributed by atoms with E-state index in [1.54, 1.807) is 30.3 Å². The number of aromatic nitrogens is 2. The van der Waals surface area contributed by atoms with Crippen LogP contribution in [0.5, 0.6) is 0 Å². The number of rotatable bonds is 8. The zero-order chi connectivity index (χ0) is 23.4. The van der Waals surface area contributed by atoms with Gasteiger partial charge in [-0.05, 0) is 24.6 Å². The molecule has 0 atom stereocenters. The number of benzene rings is 2. The summed E-state index contributed by atoms with van der Waals surface area (Å²) < 4.78 is 1.54. The minimum Gasteiger partial charge on any atom is -0.325 e. The predicted octanol–water partition coefficient (Wildman–Crippen LogP) is 5.24. The van der Waals surface area contributed by atoms with Crippen LogP contribution in [0, 0.1) is 0 Å². The predicted molar refractivity (Wildman–Crippen MR) is 135 cm³/mol. The second-order valence-electron chi connectivity index (χ2n) is 7.23. The highest BCUT2D eigenvalue weighted by Crippen LogP contribution is 2.32. The molecule has 0 aliphatic heterocycles. The maximum atomic E-state index is 13.4. The summed E-state index contributed by atoms with van der Waals surface area (Å²) >= 11 is 2.58. The Balaban J connectivity index is 1.62. The number of anilines is 1. The Bertz CT molecular complexity index is 1410. The average molecular weight is 476 g/mol. The fourth-order valence-electron chi connectivity index (χ4n) is 3.45. The van der Waals surface area contributed by atoms with Crippen molar-refractivity contribution in [1.82, 2.24) is 9.55 Å². The Labute approximate surface area is 199 Å². The maximum Gasteiger partial charge on any atom is 0.263 e. The van der Waals surface area contributed by atoms with Crippen LogP contribution in [0.2, 0.25) is 0 Å². The van der Waals surface area contributed by atoms with Crippen molar-refractivity contribution >= 4 is 50.7 Å². The summed E-state index contributed by atoms with van der Waals surface area (Å²) in [7, 11) is 0. The number of nitrogens with zero attached hydrogens (tertiary/aromatic N) is 2. The molecule has 0 aliphatic carbocycles. The van der Waals surface area contributed by atoms with E-state index in [2.05, 4.69) is 16.9 Å². The van der Waals surface area contributed by atoms with Crippen LogP contribution in [0.4, 0.5) is 5.69 Å². The fourth-order valence-corrected chi connectivity index (χ4v) is 5.25. The van der Waals surface area contributed by atoms with E-state index in [0.717, 1.165) is 11.1 Å². The summed E-state index contributed by atoms with van der Waals surface area (Å²) in [6.45, 7) is 5.50. The van der Waals surface area contributed by atoms with E-state index >= 15 is 0 Å². The number of Topliss-reactive ketones (excluding diaryl/α,β-unsaturated/α-hetero) is 1. The molecule has 1 amide bonds. The van der Waals surface area contributed by atoms with Gasteiger partial charge < -0.3 is 5.32 Å². The first-order chi connectivity index (χ1) is 16.0. The van der Waals surface area contributed by atoms with Crippen molar-refractivity contribution in [3.63, 3.8) is 0 Å². The van der Waals surface area contributed by atoms with Gasteiger partial charge in [0.15, 0.2) is 10.9 Å². The lowest BCUT2D eigenvalue weighted by Crippen LogP contribution is -2.23.